The van der Waals surface area contributed by atoms with Crippen LogP contribution in [0.15, 0.2) is 53.2 Å². The van der Waals surface area contributed by atoms with E-state index in [1.54, 1.807) is 41.6 Å². The van der Waals surface area contributed by atoms with Crippen molar-refractivity contribution < 1.29 is 13.9 Å². The molecule has 6 heteroatoms. The molecule has 1 atom stereocenters. The smallest absolute Gasteiger partial charge is 0.289 e. The van der Waals surface area contributed by atoms with Gasteiger partial charge in [0.1, 0.15) is 17.4 Å². The molecule has 0 bridgehead atoms. The molecule has 5 nitrogen and oxygen atoms in total. The Morgan fingerprint density at radius 3 is 3.08 bits per heavy atom. The van der Waals surface area contributed by atoms with Gasteiger partial charge in [0.05, 0.1) is 12.7 Å². The number of carbonyl (C=O) groups excluding carboxylic acids is 1. The molecule has 0 saturated carbocycles. The van der Waals surface area contributed by atoms with Gasteiger partial charge < -0.3 is 14.1 Å². The van der Waals surface area contributed by atoms with Crippen molar-refractivity contribution in [1.82, 2.24) is 9.88 Å². The fourth-order valence-electron chi connectivity index (χ4n) is 2.89. The first kappa shape index (κ1) is 15.0. The molecule has 0 radical (unpaired) electrons. The maximum absolute atomic E-state index is 12.6. The Labute approximate surface area is 143 Å². The van der Waals surface area contributed by atoms with Crippen LogP contribution in [0.25, 0.3) is 11.0 Å². The summed E-state index contributed by atoms with van der Waals surface area (Å²) in [5.74, 6) is 0.920. The SMILES string of the molecule is O=C(c1cc2cc(Cl)ccc2o1)N1CCC(Oc2cccnc2)C1. The van der Waals surface area contributed by atoms with Crippen molar-refractivity contribution in [3.05, 3.63) is 59.6 Å². The summed E-state index contributed by atoms with van der Waals surface area (Å²) in [5.41, 5.74) is 0.658. The highest BCUT2D eigenvalue weighted by molar-refractivity contribution is 6.31. The molecule has 3 heterocycles. The second kappa shape index (κ2) is 6.17. The van der Waals surface area contributed by atoms with Crippen LogP contribution in [-0.4, -0.2) is 35.0 Å². The number of hydrogen-bond donors (Lipinski definition) is 0. The standard InChI is InChI=1S/C18H15ClN2O3/c19-13-3-4-16-12(8-13)9-17(24-16)18(22)21-7-5-15(11-21)23-14-2-1-6-20-10-14/h1-4,6,8-10,15H,5,7,11H2. The summed E-state index contributed by atoms with van der Waals surface area (Å²) in [6.07, 6.45) is 4.13. The van der Waals surface area contributed by atoms with Gasteiger partial charge in [0.2, 0.25) is 0 Å². The number of nitrogens with zero attached hydrogens (tertiary/aromatic N) is 2. The number of amides is 1. The van der Waals surface area contributed by atoms with Crippen LogP contribution < -0.4 is 4.74 Å². The Hall–Kier alpha value is -2.53. The van der Waals surface area contributed by atoms with Crippen molar-refractivity contribution >= 4 is 28.5 Å². The van der Waals surface area contributed by atoms with Crippen molar-refractivity contribution in [2.45, 2.75) is 12.5 Å². The van der Waals surface area contributed by atoms with Crippen molar-refractivity contribution in [2.24, 2.45) is 0 Å². The van der Waals surface area contributed by atoms with Gasteiger partial charge in [-0.15, -0.1) is 0 Å². The maximum atomic E-state index is 12.6. The lowest BCUT2D eigenvalue weighted by Gasteiger charge is -2.15. The molecular weight excluding hydrogens is 328 g/mol. The number of ether oxygens (including phenoxy) is 1. The van der Waals surface area contributed by atoms with Gasteiger partial charge in [0.15, 0.2) is 5.76 Å². The summed E-state index contributed by atoms with van der Waals surface area (Å²) in [6.45, 7) is 1.17. The van der Waals surface area contributed by atoms with Crippen LogP contribution in [-0.2, 0) is 0 Å². The van der Waals surface area contributed by atoms with E-state index in [1.807, 2.05) is 12.1 Å². The third-order valence-electron chi connectivity index (χ3n) is 4.06. The van der Waals surface area contributed by atoms with E-state index in [0.29, 0.717) is 29.5 Å². The molecular formula is C18H15ClN2O3. The number of rotatable bonds is 3. The summed E-state index contributed by atoms with van der Waals surface area (Å²) < 4.78 is 11.5. The third kappa shape index (κ3) is 2.95. The molecule has 3 aromatic rings. The minimum absolute atomic E-state index is 0.0306. The van der Waals surface area contributed by atoms with Crippen molar-refractivity contribution in [3.63, 3.8) is 0 Å². The van der Waals surface area contributed by atoms with Gasteiger partial charge in [-0.3, -0.25) is 9.78 Å². The third-order valence-corrected chi connectivity index (χ3v) is 4.29. The molecule has 1 aliphatic rings. The van der Waals surface area contributed by atoms with Crippen LogP contribution in [0.2, 0.25) is 5.02 Å². The number of fused-ring (bicyclic) bond motifs is 1. The van der Waals surface area contributed by atoms with E-state index in [9.17, 15) is 4.79 Å². The first-order chi connectivity index (χ1) is 11.7. The minimum atomic E-state index is -0.125. The number of furan rings is 1. The predicted molar refractivity (Wildman–Crippen MR) is 90.4 cm³/mol. The molecule has 4 rings (SSSR count). The monoisotopic (exact) mass is 342 g/mol. The largest absolute Gasteiger partial charge is 0.487 e. The molecule has 1 aliphatic heterocycles. The molecule has 122 valence electrons. The molecule has 1 fully saturated rings. The summed E-state index contributed by atoms with van der Waals surface area (Å²) in [5, 5.41) is 1.45. The van der Waals surface area contributed by atoms with E-state index >= 15 is 0 Å². The second-order valence-electron chi connectivity index (χ2n) is 5.76. The lowest BCUT2D eigenvalue weighted by atomic mass is 10.2. The van der Waals surface area contributed by atoms with Gasteiger partial charge >= 0.3 is 0 Å². The molecule has 0 N–H and O–H groups in total. The number of benzene rings is 1. The van der Waals surface area contributed by atoms with Gasteiger partial charge in [-0.25, -0.2) is 0 Å². The zero-order valence-corrected chi connectivity index (χ0v) is 13.6. The fourth-order valence-corrected chi connectivity index (χ4v) is 3.07. The zero-order valence-electron chi connectivity index (χ0n) is 12.8. The molecule has 1 amide bonds. The Kier molecular flexibility index (Phi) is 3.86. The molecule has 24 heavy (non-hydrogen) atoms. The fraction of sp³-hybridized carbons (Fsp3) is 0.222. The van der Waals surface area contributed by atoms with Gasteiger partial charge in [0.25, 0.3) is 5.91 Å². The van der Waals surface area contributed by atoms with Gasteiger partial charge in [-0.2, -0.15) is 0 Å². The number of aromatic nitrogens is 1. The predicted octanol–water partition coefficient (Wildman–Crippen LogP) is 3.77. The van der Waals surface area contributed by atoms with E-state index in [-0.39, 0.29) is 12.0 Å². The summed E-state index contributed by atoms with van der Waals surface area (Å²) in [7, 11) is 0. The van der Waals surface area contributed by atoms with Gasteiger partial charge in [0, 0.05) is 29.6 Å². The Bertz CT molecular complexity index is 878. The van der Waals surface area contributed by atoms with Crippen molar-refractivity contribution in [2.75, 3.05) is 13.1 Å². The van der Waals surface area contributed by atoms with E-state index in [4.69, 9.17) is 20.8 Å². The Morgan fingerprint density at radius 1 is 1.33 bits per heavy atom. The van der Waals surface area contributed by atoms with Crippen LogP contribution in [0, 0.1) is 0 Å². The first-order valence-electron chi connectivity index (χ1n) is 7.74. The lowest BCUT2D eigenvalue weighted by Crippen LogP contribution is -2.30. The van der Waals surface area contributed by atoms with Crippen LogP contribution in [0.5, 0.6) is 5.75 Å². The highest BCUT2D eigenvalue weighted by Gasteiger charge is 2.30. The normalized spacial score (nSPS) is 17.4. The molecule has 0 aliphatic carbocycles. The number of hydrogen-bond acceptors (Lipinski definition) is 4. The minimum Gasteiger partial charge on any atom is -0.487 e. The average Bonchev–Trinajstić information content (AvgIpc) is 3.21. The lowest BCUT2D eigenvalue weighted by molar-refractivity contribution is 0.0743. The van der Waals surface area contributed by atoms with Crippen LogP contribution in [0.4, 0.5) is 0 Å². The Balaban J connectivity index is 1.46. The average molecular weight is 343 g/mol. The van der Waals surface area contributed by atoms with Crippen LogP contribution in [0.1, 0.15) is 17.0 Å². The number of likely N-dealkylation sites (tertiary alicyclic amines) is 1. The highest BCUT2D eigenvalue weighted by atomic mass is 35.5. The molecule has 2 aromatic heterocycles. The Morgan fingerprint density at radius 2 is 2.25 bits per heavy atom. The highest BCUT2D eigenvalue weighted by Crippen LogP contribution is 2.25. The van der Waals surface area contributed by atoms with E-state index in [0.717, 1.165) is 17.6 Å². The maximum Gasteiger partial charge on any atom is 0.289 e. The van der Waals surface area contributed by atoms with E-state index in [2.05, 4.69) is 4.98 Å². The number of pyridine rings is 1. The number of carbonyl (C=O) groups is 1. The summed E-state index contributed by atoms with van der Waals surface area (Å²) in [6, 6.07) is 10.7. The van der Waals surface area contributed by atoms with E-state index in [1.165, 1.54) is 0 Å². The van der Waals surface area contributed by atoms with Crippen LogP contribution >= 0.6 is 11.6 Å². The molecule has 1 unspecified atom stereocenters. The van der Waals surface area contributed by atoms with Gasteiger partial charge in [-0.05, 0) is 36.4 Å². The second-order valence-corrected chi connectivity index (χ2v) is 6.20. The zero-order chi connectivity index (χ0) is 16.5. The van der Waals surface area contributed by atoms with Gasteiger partial charge in [-0.1, -0.05) is 11.6 Å². The van der Waals surface area contributed by atoms with Crippen molar-refractivity contribution in [1.29, 1.82) is 0 Å². The summed E-state index contributed by atoms with van der Waals surface area (Å²) >= 11 is 5.97. The topological polar surface area (TPSA) is 55.6 Å². The first-order valence-corrected chi connectivity index (χ1v) is 8.12. The molecule has 1 saturated heterocycles. The molecule has 1 aromatic carbocycles. The van der Waals surface area contributed by atoms with Crippen LogP contribution in [0.3, 0.4) is 0 Å². The summed E-state index contributed by atoms with van der Waals surface area (Å²) in [4.78, 5) is 18.4. The molecule has 0 spiro atoms. The quantitative estimate of drug-likeness (QED) is 0.727. The van der Waals surface area contributed by atoms with Crippen molar-refractivity contribution in [3.8, 4) is 5.75 Å². The number of halogens is 1. The van der Waals surface area contributed by atoms with E-state index < -0.39 is 0 Å².